The highest BCUT2D eigenvalue weighted by molar-refractivity contribution is 5.35. The van der Waals surface area contributed by atoms with Crippen LogP contribution in [0.25, 0.3) is 0 Å². The largest absolute Gasteiger partial charge is 0.207 e. The molecule has 100 valence electrons. The van der Waals surface area contributed by atoms with Crippen molar-refractivity contribution >= 4 is 0 Å². The molecule has 1 unspecified atom stereocenters. The van der Waals surface area contributed by atoms with Crippen LogP contribution in [0.2, 0.25) is 0 Å². The average molecular weight is 260 g/mol. The fourth-order valence-corrected chi connectivity index (χ4v) is 2.58. The SMILES string of the molecule is Cc1cc(F)cc(C(c2ccc(F)cc2)C(C)C)c1. The Hall–Kier alpha value is -1.70. The molecule has 2 rings (SSSR count). The second-order valence-corrected chi connectivity index (χ2v) is 5.34. The molecule has 19 heavy (non-hydrogen) atoms. The van der Waals surface area contributed by atoms with Crippen molar-refractivity contribution in [1.82, 2.24) is 0 Å². The molecule has 0 heterocycles. The van der Waals surface area contributed by atoms with E-state index in [-0.39, 0.29) is 17.6 Å². The summed E-state index contributed by atoms with van der Waals surface area (Å²) in [6.45, 7) is 6.07. The van der Waals surface area contributed by atoms with Gasteiger partial charge in [0.2, 0.25) is 0 Å². The van der Waals surface area contributed by atoms with Gasteiger partial charge in [-0.05, 0) is 53.8 Å². The number of benzene rings is 2. The highest BCUT2D eigenvalue weighted by Crippen LogP contribution is 2.32. The quantitative estimate of drug-likeness (QED) is 0.723. The molecule has 0 bridgehead atoms. The predicted molar refractivity (Wildman–Crippen MR) is 74.2 cm³/mol. The molecular formula is C17H18F2. The fourth-order valence-electron chi connectivity index (χ4n) is 2.58. The lowest BCUT2D eigenvalue weighted by Crippen LogP contribution is -2.09. The summed E-state index contributed by atoms with van der Waals surface area (Å²) in [6.07, 6.45) is 0. The van der Waals surface area contributed by atoms with Crippen molar-refractivity contribution in [2.24, 2.45) is 5.92 Å². The van der Waals surface area contributed by atoms with Crippen LogP contribution >= 0.6 is 0 Å². The monoisotopic (exact) mass is 260 g/mol. The summed E-state index contributed by atoms with van der Waals surface area (Å²) in [4.78, 5) is 0. The van der Waals surface area contributed by atoms with Crippen LogP contribution in [0.15, 0.2) is 42.5 Å². The lowest BCUT2D eigenvalue weighted by atomic mass is 9.82. The van der Waals surface area contributed by atoms with Crippen LogP contribution in [0.5, 0.6) is 0 Å². The third-order valence-corrected chi connectivity index (χ3v) is 3.32. The Labute approximate surface area is 113 Å². The van der Waals surface area contributed by atoms with E-state index in [0.29, 0.717) is 5.92 Å². The van der Waals surface area contributed by atoms with E-state index in [0.717, 1.165) is 16.7 Å². The highest BCUT2D eigenvalue weighted by Gasteiger charge is 2.19. The molecular weight excluding hydrogens is 242 g/mol. The third kappa shape index (κ3) is 3.19. The first-order valence-corrected chi connectivity index (χ1v) is 6.50. The molecule has 0 aliphatic heterocycles. The minimum atomic E-state index is -0.248. The number of rotatable bonds is 3. The maximum Gasteiger partial charge on any atom is 0.123 e. The van der Waals surface area contributed by atoms with Crippen LogP contribution < -0.4 is 0 Å². The summed E-state index contributed by atoms with van der Waals surface area (Å²) in [5, 5.41) is 0. The smallest absolute Gasteiger partial charge is 0.123 e. The van der Waals surface area contributed by atoms with Crippen LogP contribution in [-0.4, -0.2) is 0 Å². The maximum absolute atomic E-state index is 13.6. The zero-order chi connectivity index (χ0) is 14.0. The van der Waals surface area contributed by atoms with Crippen molar-refractivity contribution in [2.75, 3.05) is 0 Å². The van der Waals surface area contributed by atoms with E-state index in [1.165, 1.54) is 18.2 Å². The van der Waals surface area contributed by atoms with Gasteiger partial charge in [-0.25, -0.2) is 8.78 Å². The predicted octanol–water partition coefficient (Wildman–Crippen LogP) is 5.06. The standard InChI is InChI=1S/C17H18F2/c1-11(2)17(13-4-6-15(18)7-5-13)14-8-12(3)9-16(19)10-14/h4-11,17H,1-3H3. The molecule has 0 aliphatic rings. The lowest BCUT2D eigenvalue weighted by Gasteiger charge is -2.22. The molecule has 1 atom stereocenters. The van der Waals surface area contributed by atoms with Crippen molar-refractivity contribution in [3.8, 4) is 0 Å². The molecule has 0 fully saturated rings. The van der Waals surface area contributed by atoms with Gasteiger partial charge in [-0.1, -0.05) is 32.0 Å². The molecule has 0 amide bonds. The molecule has 0 aromatic heterocycles. The van der Waals surface area contributed by atoms with Crippen LogP contribution in [-0.2, 0) is 0 Å². The van der Waals surface area contributed by atoms with E-state index in [2.05, 4.69) is 13.8 Å². The Bertz CT molecular complexity index is 536. The van der Waals surface area contributed by atoms with E-state index < -0.39 is 0 Å². The van der Waals surface area contributed by atoms with Gasteiger partial charge in [0.15, 0.2) is 0 Å². The molecule has 0 saturated heterocycles. The summed E-state index contributed by atoms with van der Waals surface area (Å²) in [6, 6.07) is 11.6. The summed E-state index contributed by atoms with van der Waals surface area (Å²) in [7, 11) is 0. The second kappa shape index (κ2) is 5.52. The fraction of sp³-hybridized carbons (Fsp3) is 0.294. The van der Waals surface area contributed by atoms with Crippen LogP contribution in [0.3, 0.4) is 0 Å². The molecule has 2 aromatic rings. The van der Waals surface area contributed by atoms with Gasteiger partial charge in [-0.2, -0.15) is 0 Å². The number of halogens is 2. The highest BCUT2D eigenvalue weighted by atomic mass is 19.1. The molecule has 2 aromatic carbocycles. The van der Waals surface area contributed by atoms with Crippen molar-refractivity contribution in [2.45, 2.75) is 26.7 Å². The molecule has 0 saturated carbocycles. The lowest BCUT2D eigenvalue weighted by molar-refractivity contribution is 0.553. The second-order valence-electron chi connectivity index (χ2n) is 5.34. The van der Waals surface area contributed by atoms with Crippen molar-refractivity contribution in [3.05, 3.63) is 70.8 Å². The van der Waals surface area contributed by atoms with E-state index in [1.54, 1.807) is 18.2 Å². The Balaban J connectivity index is 2.48. The minimum Gasteiger partial charge on any atom is -0.207 e. The molecule has 0 spiro atoms. The van der Waals surface area contributed by atoms with Crippen LogP contribution in [0.4, 0.5) is 8.78 Å². The Morgan fingerprint density at radius 3 is 1.95 bits per heavy atom. The third-order valence-electron chi connectivity index (χ3n) is 3.32. The molecule has 0 radical (unpaired) electrons. The van der Waals surface area contributed by atoms with Gasteiger partial charge in [-0.15, -0.1) is 0 Å². The Morgan fingerprint density at radius 1 is 0.789 bits per heavy atom. The topological polar surface area (TPSA) is 0 Å². The van der Waals surface area contributed by atoms with E-state index in [4.69, 9.17) is 0 Å². The van der Waals surface area contributed by atoms with Crippen molar-refractivity contribution in [1.29, 1.82) is 0 Å². The Morgan fingerprint density at radius 2 is 1.42 bits per heavy atom. The van der Waals surface area contributed by atoms with Crippen LogP contribution in [0, 0.1) is 24.5 Å². The number of aryl methyl sites for hydroxylation is 1. The molecule has 2 heteroatoms. The normalized spacial score (nSPS) is 12.7. The number of hydrogen-bond donors (Lipinski definition) is 0. The van der Waals surface area contributed by atoms with E-state index in [9.17, 15) is 8.78 Å². The zero-order valence-electron chi connectivity index (χ0n) is 11.5. The van der Waals surface area contributed by atoms with Gasteiger partial charge in [0, 0.05) is 5.92 Å². The first-order chi connectivity index (χ1) is 8.97. The van der Waals surface area contributed by atoms with Gasteiger partial charge < -0.3 is 0 Å². The van der Waals surface area contributed by atoms with Crippen LogP contribution in [0.1, 0.15) is 36.5 Å². The van der Waals surface area contributed by atoms with E-state index >= 15 is 0 Å². The zero-order valence-corrected chi connectivity index (χ0v) is 11.5. The molecule has 0 nitrogen and oxygen atoms in total. The summed E-state index contributed by atoms with van der Waals surface area (Å²) in [5.74, 6) is -0.0777. The van der Waals surface area contributed by atoms with Crippen molar-refractivity contribution < 1.29 is 8.78 Å². The van der Waals surface area contributed by atoms with Gasteiger partial charge >= 0.3 is 0 Å². The molecule has 0 aliphatic carbocycles. The summed E-state index contributed by atoms with van der Waals surface area (Å²) in [5.41, 5.74) is 2.86. The van der Waals surface area contributed by atoms with Gasteiger partial charge in [0.05, 0.1) is 0 Å². The summed E-state index contributed by atoms with van der Waals surface area (Å²) >= 11 is 0. The first kappa shape index (κ1) is 13.7. The summed E-state index contributed by atoms with van der Waals surface area (Å²) < 4.78 is 26.6. The van der Waals surface area contributed by atoms with E-state index in [1.807, 2.05) is 13.0 Å². The van der Waals surface area contributed by atoms with Gasteiger partial charge in [0.1, 0.15) is 11.6 Å². The minimum absolute atomic E-state index is 0.0787. The number of hydrogen-bond acceptors (Lipinski definition) is 0. The van der Waals surface area contributed by atoms with Gasteiger partial charge in [-0.3, -0.25) is 0 Å². The Kier molecular flexibility index (Phi) is 3.98. The van der Waals surface area contributed by atoms with Gasteiger partial charge in [0.25, 0.3) is 0 Å². The maximum atomic E-state index is 13.6. The first-order valence-electron chi connectivity index (χ1n) is 6.50. The van der Waals surface area contributed by atoms with Crippen molar-refractivity contribution in [3.63, 3.8) is 0 Å². The molecule has 0 N–H and O–H groups in total. The average Bonchev–Trinajstić information content (AvgIpc) is 2.30.